The minimum absolute atomic E-state index is 0.165. The molecular weight excluding hydrogens is 316 g/mol. The van der Waals surface area contributed by atoms with E-state index in [-0.39, 0.29) is 6.54 Å². The summed E-state index contributed by atoms with van der Waals surface area (Å²) in [6.07, 6.45) is 2.12. The number of anilines is 1. The zero-order valence-corrected chi connectivity index (χ0v) is 14.8. The highest BCUT2D eigenvalue weighted by Crippen LogP contribution is 2.24. The lowest BCUT2D eigenvalue weighted by Gasteiger charge is -2.43. The number of rotatable bonds is 4. The Morgan fingerprint density at radius 1 is 1.20 bits per heavy atom. The van der Waals surface area contributed by atoms with Gasteiger partial charge in [0.15, 0.2) is 0 Å². The smallest absolute Gasteiger partial charge is 0.317 e. The van der Waals surface area contributed by atoms with Crippen molar-refractivity contribution in [2.75, 3.05) is 50.7 Å². The van der Waals surface area contributed by atoms with Gasteiger partial charge in [-0.25, -0.2) is 0 Å². The zero-order valence-electron chi connectivity index (χ0n) is 14.8. The lowest BCUT2D eigenvalue weighted by molar-refractivity contribution is -0.138. The van der Waals surface area contributed by atoms with Crippen LogP contribution in [0.3, 0.4) is 0 Å². The quantitative estimate of drug-likeness (QED) is 0.895. The highest BCUT2D eigenvalue weighted by Gasteiger charge is 2.28. The minimum Gasteiger partial charge on any atom is -0.480 e. The van der Waals surface area contributed by atoms with Gasteiger partial charge in [0.25, 0.3) is 0 Å². The summed E-state index contributed by atoms with van der Waals surface area (Å²) in [6.45, 7) is 8.09. The van der Waals surface area contributed by atoms with Gasteiger partial charge in [0.2, 0.25) is 0 Å². The molecule has 0 saturated carbocycles. The van der Waals surface area contributed by atoms with Gasteiger partial charge in [-0.1, -0.05) is 0 Å². The summed E-state index contributed by atoms with van der Waals surface area (Å²) in [5.74, 6) is -0.732. The Hall–Kier alpha value is -2.10. The van der Waals surface area contributed by atoms with Crippen LogP contribution in [0.25, 0.3) is 0 Å². The molecule has 1 aromatic rings. The van der Waals surface area contributed by atoms with Crippen LogP contribution in [-0.4, -0.2) is 72.7 Å². The molecule has 0 atom stereocenters. The van der Waals surface area contributed by atoms with Crippen molar-refractivity contribution in [2.24, 2.45) is 0 Å². The first-order chi connectivity index (χ1) is 12.1. The molecule has 0 radical (unpaired) electrons. The minimum atomic E-state index is -0.732. The van der Waals surface area contributed by atoms with Crippen molar-refractivity contribution in [3.8, 4) is 6.07 Å². The van der Waals surface area contributed by atoms with Crippen LogP contribution in [0.4, 0.5) is 5.69 Å². The second-order valence-corrected chi connectivity index (χ2v) is 7.04. The number of carbonyl (C=O) groups is 1. The Morgan fingerprint density at radius 2 is 1.88 bits per heavy atom. The second kappa shape index (κ2) is 7.85. The first-order valence-corrected chi connectivity index (χ1v) is 9.00. The van der Waals surface area contributed by atoms with Crippen molar-refractivity contribution < 1.29 is 9.90 Å². The van der Waals surface area contributed by atoms with E-state index in [1.165, 1.54) is 5.69 Å². The van der Waals surface area contributed by atoms with Gasteiger partial charge >= 0.3 is 5.97 Å². The maximum Gasteiger partial charge on any atom is 0.317 e. The van der Waals surface area contributed by atoms with Crippen molar-refractivity contribution in [3.63, 3.8) is 0 Å². The monoisotopic (exact) mass is 342 g/mol. The second-order valence-electron chi connectivity index (χ2n) is 7.04. The van der Waals surface area contributed by atoms with Crippen LogP contribution in [0.15, 0.2) is 18.2 Å². The van der Waals surface area contributed by atoms with Crippen molar-refractivity contribution in [1.29, 1.82) is 5.26 Å². The van der Waals surface area contributed by atoms with Crippen molar-refractivity contribution in [3.05, 3.63) is 29.3 Å². The van der Waals surface area contributed by atoms with Crippen LogP contribution in [0.1, 0.15) is 24.0 Å². The Balaban J connectivity index is 1.51. The van der Waals surface area contributed by atoms with Gasteiger partial charge in [0.05, 0.1) is 18.2 Å². The summed E-state index contributed by atoms with van der Waals surface area (Å²) in [5, 5.41) is 17.9. The molecule has 2 aliphatic rings. The Kier molecular flexibility index (Phi) is 5.57. The number of hydrogen-bond acceptors (Lipinski definition) is 5. The summed E-state index contributed by atoms with van der Waals surface area (Å²) in [5.41, 5.74) is 3.11. The molecule has 0 spiro atoms. The van der Waals surface area contributed by atoms with Crippen LogP contribution in [0.2, 0.25) is 0 Å². The molecule has 0 aromatic heterocycles. The van der Waals surface area contributed by atoms with E-state index in [9.17, 15) is 4.79 Å². The van der Waals surface area contributed by atoms with Gasteiger partial charge in [0.1, 0.15) is 0 Å². The Bertz CT molecular complexity index is 654. The average Bonchev–Trinajstić information content (AvgIpc) is 2.62. The number of piperazine rings is 1. The zero-order chi connectivity index (χ0) is 17.8. The van der Waals surface area contributed by atoms with Gasteiger partial charge < -0.3 is 10.0 Å². The molecule has 2 aliphatic heterocycles. The molecule has 3 rings (SSSR count). The molecule has 0 bridgehead atoms. The maximum atomic E-state index is 10.8. The van der Waals surface area contributed by atoms with Gasteiger partial charge in [-0.15, -0.1) is 0 Å². The fourth-order valence-corrected chi connectivity index (χ4v) is 4.04. The van der Waals surface area contributed by atoms with Gasteiger partial charge in [-0.05, 0) is 43.5 Å². The summed E-state index contributed by atoms with van der Waals surface area (Å²) < 4.78 is 0. The van der Waals surface area contributed by atoms with Crippen LogP contribution in [0.5, 0.6) is 0 Å². The highest BCUT2D eigenvalue weighted by molar-refractivity contribution is 5.69. The molecule has 134 valence electrons. The topological polar surface area (TPSA) is 70.8 Å². The van der Waals surface area contributed by atoms with Crippen molar-refractivity contribution in [2.45, 2.75) is 25.8 Å². The van der Waals surface area contributed by atoms with Crippen LogP contribution >= 0.6 is 0 Å². The van der Waals surface area contributed by atoms with Gasteiger partial charge in [-0.3, -0.25) is 14.6 Å². The molecule has 1 aromatic carbocycles. The number of piperidine rings is 1. The third-order valence-corrected chi connectivity index (χ3v) is 5.41. The fraction of sp³-hybridized carbons (Fsp3) is 0.579. The Morgan fingerprint density at radius 3 is 2.44 bits per heavy atom. The van der Waals surface area contributed by atoms with E-state index in [2.05, 4.69) is 28.9 Å². The molecule has 1 N–H and O–H groups in total. The molecule has 0 amide bonds. The molecule has 2 fully saturated rings. The summed E-state index contributed by atoms with van der Waals surface area (Å²) in [7, 11) is 0. The maximum absolute atomic E-state index is 10.8. The Labute approximate surface area is 149 Å². The first-order valence-electron chi connectivity index (χ1n) is 9.00. The van der Waals surface area contributed by atoms with Crippen LogP contribution < -0.4 is 4.90 Å². The molecule has 6 nitrogen and oxygen atoms in total. The van der Waals surface area contributed by atoms with Gasteiger partial charge in [0, 0.05) is 51.0 Å². The number of likely N-dealkylation sites (tertiary alicyclic amines) is 1. The first kappa shape index (κ1) is 17.7. The van der Waals surface area contributed by atoms with E-state index in [0.717, 1.165) is 57.7 Å². The molecule has 0 aliphatic carbocycles. The average molecular weight is 342 g/mol. The molecule has 25 heavy (non-hydrogen) atoms. The predicted octanol–water partition coefficient (Wildman–Crippen LogP) is 1.54. The number of nitrogens with zero attached hydrogens (tertiary/aromatic N) is 4. The van der Waals surface area contributed by atoms with Crippen molar-refractivity contribution in [1.82, 2.24) is 9.80 Å². The molecule has 0 unspecified atom stereocenters. The highest BCUT2D eigenvalue weighted by atomic mass is 16.4. The standard InChI is InChI=1S/C19H26N4O2/c1-15-12-16(13-20)2-3-18(15)23-10-8-22(9-11-23)17-4-6-21(7-5-17)14-19(24)25/h2-3,12,17H,4-11,14H2,1H3,(H,24,25). The largest absolute Gasteiger partial charge is 0.480 e. The summed E-state index contributed by atoms with van der Waals surface area (Å²) in [6, 6.07) is 8.69. The lowest BCUT2D eigenvalue weighted by atomic mass is 10.0. The molecular formula is C19H26N4O2. The van der Waals surface area contributed by atoms with Crippen LogP contribution in [0, 0.1) is 18.3 Å². The fourth-order valence-electron chi connectivity index (χ4n) is 4.04. The van der Waals surface area contributed by atoms with E-state index in [1.54, 1.807) is 0 Å². The number of aryl methyl sites for hydroxylation is 1. The number of carboxylic acid groups (broad SMARTS) is 1. The summed E-state index contributed by atoms with van der Waals surface area (Å²) in [4.78, 5) is 17.8. The normalized spacial score (nSPS) is 20.4. The van der Waals surface area contributed by atoms with Crippen LogP contribution in [-0.2, 0) is 4.79 Å². The third-order valence-electron chi connectivity index (χ3n) is 5.41. The lowest BCUT2D eigenvalue weighted by Crippen LogP contribution is -2.53. The van der Waals surface area contributed by atoms with E-state index in [1.807, 2.05) is 17.0 Å². The van der Waals surface area contributed by atoms with E-state index in [0.29, 0.717) is 11.6 Å². The number of nitriles is 1. The predicted molar refractivity (Wildman–Crippen MR) is 96.8 cm³/mol. The van der Waals surface area contributed by atoms with Gasteiger partial charge in [-0.2, -0.15) is 5.26 Å². The van der Waals surface area contributed by atoms with E-state index in [4.69, 9.17) is 10.4 Å². The molecule has 2 saturated heterocycles. The van der Waals surface area contributed by atoms with Crippen molar-refractivity contribution >= 4 is 11.7 Å². The summed E-state index contributed by atoms with van der Waals surface area (Å²) >= 11 is 0. The number of carboxylic acids is 1. The SMILES string of the molecule is Cc1cc(C#N)ccc1N1CCN(C2CCN(CC(=O)O)CC2)CC1. The number of benzene rings is 1. The van der Waals surface area contributed by atoms with E-state index >= 15 is 0 Å². The number of hydrogen-bond donors (Lipinski definition) is 1. The molecule has 6 heteroatoms. The van der Waals surface area contributed by atoms with E-state index < -0.39 is 5.97 Å². The molecule has 2 heterocycles. The number of aliphatic carboxylic acids is 1. The third kappa shape index (κ3) is 4.30.